The summed E-state index contributed by atoms with van der Waals surface area (Å²) in [6.45, 7) is 9.28. The van der Waals surface area contributed by atoms with Crippen molar-refractivity contribution in [3.8, 4) is 0 Å². The normalized spacial score (nSPS) is 17.5. The molecule has 1 unspecified atom stereocenters. The van der Waals surface area contributed by atoms with Gasteiger partial charge in [0.1, 0.15) is 22.3 Å². The van der Waals surface area contributed by atoms with Gasteiger partial charge in [0.25, 0.3) is 0 Å². The largest absolute Gasteiger partial charge is 0.359 e. The van der Waals surface area contributed by atoms with E-state index in [1.165, 1.54) is 5.56 Å². The number of rotatable bonds is 3. The molecule has 0 spiro atoms. The first-order chi connectivity index (χ1) is 11.5. The highest BCUT2D eigenvalue weighted by Crippen LogP contribution is 2.33. The number of hydrogen-bond donors (Lipinski definition) is 1. The summed E-state index contributed by atoms with van der Waals surface area (Å²) in [4.78, 5) is 15.1. The molecule has 1 N–H and O–H groups in total. The number of anilines is 1. The SMILES string of the molecule is Cc1nc(NC2CCCn3nc(C(C)C)nc32)c2c(C)csc2n1. The summed E-state index contributed by atoms with van der Waals surface area (Å²) in [6, 6.07) is 0.149. The van der Waals surface area contributed by atoms with Crippen LogP contribution in [0.3, 0.4) is 0 Å². The Balaban J connectivity index is 1.74. The van der Waals surface area contributed by atoms with Crippen LogP contribution in [0.5, 0.6) is 0 Å². The third kappa shape index (κ3) is 2.56. The molecule has 1 atom stereocenters. The van der Waals surface area contributed by atoms with Crippen molar-refractivity contribution < 1.29 is 0 Å². The number of hydrogen-bond acceptors (Lipinski definition) is 6. The van der Waals surface area contributed by atoms with E-state index >= 15 is 0 Å². The maximum absolute atomic E-state index is 4.79. The quantitative estimate of drug-likeness (QED) is 0.780. The molecule has 1 aliphatic rings. The summed E-state index contributed by atoms with van der Waals surface area (Å²) < 4.78 is 2.06. The second kappa shape index (κ2) is 5.81. The van der Waals surface area contributed by atoms with Crippen LogP contribution in [0.15, 0.2) is 5.38 Å². The van der Waals surface area contributed by atoms with Crippen molar-refractivity contribution in [1.29, 1.82) is 0 Å². The zero-order valence-corrected chi connectivity index (χ0v) is 15.3. The summed E-state index contributed by atoms with van der Waals surface area (Å²) in [7, 11) is 0. The number of nitrogens with one attached hydrogen (secondary N) is 1. The van der Waals surface area contributed by atoms with E-state index in [-0.39, 0.29) is 6.04 Å². The predicted molar refractivity (Wildman–Crippen MR) is 96.6 cm³/mol. The molecule has 0 aliphatic carbocycles. The summed E-state index contributed by atoms with van der Waals surface area (Å²) >= 11 is 1.67. The van der Waals surface area contributed by atoms with Crippen molar-refractivity contribution in [2.75, 3.05) is 5.32 Å². The van der Waals surface area contributed by atoms with Crippen LogP contribution in [-0.2, 0) is 6.54 Å². The Hall–Kier alpha value is -2.02. The molecule has 4 heterocycles. The molecular formula is C17H22N6S. The molecule has 7 heteroatoms. The van der Waals surface area contributed by atoms with Crippen molar-refractivity contribution in [3.63, 3.8) is 0 Å². The summed E-state index contributed by atoms with van der Waals surface area (Å²) in [5, 5.41) is 11.6. The minimum atomic E-state index is 0.149. The molecule has 0 radical (unpaired) electrons. The highest BCUT2D eigenvalue weighted by molar-refractivity contribution is 7.17. The van der Waals surface area contributed by atoms with Gasteiger partial charge in [-0.3, -0.25) is 0 Å². The average Bonchev–Trinajstić information content (AvgIpc) is 3.12. The van der Waals surface area contributed by atoms with Crippen LogP contribution in [0.25, 0.3) is 10.2 Å². The summed E-state index contributed by atoms with van der Waals surface area (Å²) in [5.41, 5.74) is 1.22. The average molecular weight is 342 g/mol. The van der Waals surface area contributed by atoms with Gasteiger partial charge in [-0.15, -0.1) is 11.3 Å². The lowest BCUT2D eigenvalue weighted by Crippen LogP contribution is -2.23. The number of aromatic nitrogens is 5. The van der Waals surface area contributed by atoms with Crippen LogP contribution >= 0.6 is 11.3 Å². The first-order valence-electron chi connectivity index (χ1n) is 8.46. The van der Waals surface area contributed by atoms with Crippen molar-refractivity contribution in [2.24, 2.45) is 0 Å². The number of aryl methyl sites for hydroxylation is 3. The van der Waals surface area contributed by atoms with Gasteiger partial charge in [-0.1, -0.05) is 13.8 Å². The fourth-order valence-electron chi connectivity index (χ4n) is 3.21. The van der Waals surface area contributed by atoms with Crippen molar-refractivity contribution in [3.05, 3.63) is 28.4 Å². The molecule has 3 aromatic heterocycles. The molecule has 4 rings (SSSR count). The fraction of sp³-hybridized carbons (Fsp3) is 0.529. The predicted octanol–water partition coefficient (Wildman–Crippen LogP) is 3.97. The highest BCUT2D eigenvalue weighted by atomic mass is 32.1. The third-order valence-electron chi connectivity index (χ3n) is 4.45. The molecule has 0 fully saturated rings. The molecule has 24 heavy (non-hydrogen) atoms. The Bertz CT molecular complexity index is 894. The zero-order valence-electron chi connectivity index (χ0n) is 14.5. The van der Waals surface area contributed by atoms with Crippen LogP contribution in [-0.4, -0.2) is 24.7 Å². The Labute approximate surface area is 145 Å². The lowest BCUT2D eigenvalue weighted by atomic mass is 10.1. The second-order valence-corrected chi connectivity index (χ2v) is 7.62. The van der Waals surface area contributed by atoms with Crippen molar-refractivity contribution in [2.45, 2.75) is 59.0 Å². The minimum absolute atomic E-state index is 0.149. The van der Waals surface area contributed by atoms with E-state index in [1.807, 2.05) is 6.92 Å². The van der Waals surface area contributed by atoms with E-state index in [9.17, 15) is 0 Å². The van der Waals surface area contributed by atoms with Gasteiger partial charge in [0.05, 0.1) is 11.4 Å². The van der Waals surface area contributed by atoms with Gasteiger partial charge in [0.15, 0.2) is 5.82 Å². The third-order valence-corrected chi connectivity index (χ3v) is 5.44. The first kappa shape index (κ1) is 15.5. The Kier molecular flexibility index (Phi) is 3.75. The smallest absolute Gasteiger partial charge is 0.153 e. The van der Waals surface area contributed by atoms with Crippen LogP contribution < -0.4 is 5.32 Å². The van der Waals surface area contributed by atoms with Crippen molar-refractivity contribution >= 4 is 27.4 Å². The van der Waals surface area contributed by atoms with E-state index in [4.69, 9.17) is 4.98 Å². The first-order valence-corrected chi connectivity index (χ1v) is 9.34. The summed E-state index contributed by atoms with van der Waals surface area (Å²) in [6.07, 6.45) is 2.14. The maximum Gasteiger partial charge on any atom is 0.153 e. The monoisotopic (exact) mass is 342 g/mol. The lowest BCUT2D eigenvalue weighted by Gasteiger charge is -2.24. The molecule has 0 amide bonds. The fourth-order valence-corrected chi connectivity index (χ4v) is 4.18. The van der Waals surface area contributed by atoms with Gasteiger partial charge in [-0.05, 0) is 37.6 Å². The zero-order chi connectivity index (χ0) is 16.8. The molecule has 126 valence electrons. The van der Waals surface area contributed by atoms with Crippen LogP contribution in [0.2, 0.25) is 0 Å². The van der Waals surface area contributed by atoms with E-state index in [0.29, 0.717) is 5.92 Å². The lowest BCUT2D eigenvalue weighted by molar-refractivity contribution is 0.436. The second-order valence-electron chi connectivity index (χ2n) is 6.76. The molecule has 0 aromatic carbocycles. The van der Waals surface area contributed by atoms with Gasteiger partial charge < -0.3 is 5.32 Å². The van der Waals surface area contributed by atoms with Gasteiger partial charge in [-0.2, -0.15) is 5.10 Å². The van der Waals surface area contributed by atoms with Crippen LogP contribution in [0.4, 0.5) is 5.82 Å². The number of nitrogens with zero attached hydrogens (tertiary/aromatic N) is 5. The van der Waals surface area contributed by atoms with Gasteiger partial charge in [-0.25, -0.2) is 19.6 Å². The molecule has 0 saturated heterocycles. The minimum Gasteiger partial charge on any atom is -0.359 e. The molecule has 0 bridgehead atoms. The highest BCUT2D eigenvalue weighted by Gasteiger charge is 2.26. The van der Waals surface area contributed by atoms with Gasteiger partial charge in [0.2, 0.25) is 0 Å². The Morgan fingerprint density at radius 1 is 1.25 bits per heavy atom. The topological polar surface area (TPSA) is 68.5 Å². The number of thiophene rings is 1. The molecular weight excluding hydrogens is 320 g/mol. The maximum atomic E-state index is 4.79. The summed E-state index contributed by atoms with van der Waals surface area (Å²) in [5.74, 6) is 4.02. The molecule has 6 nitrogen and oxygen atoms in total. The molecule has 3 aromatic rings. The van der Waals surface area contributed by atoms with Gasteiger partial charge >= 0.3 is 0 Å². The van der Waals surface area contributed by atoms with E-state index in [0.717, 1.165) is 52.9 Å². The van der Waals surface area contributed by atoms with Crippen LogP contribution in [0.1, 0.15) is 61.7 Å². The van der Waals surface area contributed by atoms with E-state index < -0.39 is 0 Å². The van der Waals surface area contributed by atoms with Gasteiger partial charge in [0, 0.05) is 12.5 Å². The molecule has 1 aliphatic heterocycles. The Morgan fingerprint density at radius 2 is 2.08 bits per heavy atom. The van der Waals surface area contributed by atoms with Crippen LogP contribution in [0, 0.1) is 13.8 Å². The number of fused-ring (bicyclic) bond motifs is 2. The van der Waals surface area contributed by atoms with E-state index in [1.54, 1.807) is 11.3 Å². The van der Waals surface area contributed by atoms with E-state index in [2.05, 4.69) is 51.2 Å². The van der Waals surface area contributed by atoms with Crippen molar-refractivity contribution in [1.82, 2.24) is 24.7 Å². The Morgan fingerprint density at radius 3 is 2.88 bits per heavy atom. The molecule has 0 saturated carbocycles. The standard InChI is InChI=1S/C17H22N6S/c1-9(2)14-21-16-12(6-5-7-23(16)22-14)20-15-13-10(3)8-24-17(13)19-11(4)18-15/h8-9,12H,5-7H2,1-4H3,(H,18,19,20).